The number of hydrogen-bond acceptors (Lipinski definition) is 3. The highest BCUT2D eigenvalue weighted by Crippen LogP contribution is 2.43. The Hall–Kier alpha value is -1.62. The molecule has 5 heteroatoms. The van der Waals surface area contributed by atoms with Crippen molar-refractivity contribution in [2.24, 2.45) is 5.92 Å². The van der Waals surface area contributed by atoms with Crippen LogP contribution < -0.4 is 4.74 Å². The van der Waals surface area contributed by atoms with Crippen molar-refractivity contribution < 1.29 is 24.1 Å². The third-order valence-corrected chi connectivity index (χ3v) is 3.45. The second-order valence-electron chi connectivity index (χ2n) is 5.35. The Kier molecular flexibility index (Phi) is 3.49. The second kappa shape index (κ2) is 4.81. The first kappa shape index (κ1) is 13.8. The molecule has 1 aromatic carbocycles. The molecule has 1 aliphatic heterocycles. The minimum atomic E-state index is -1.59. The average Bonchev–Trinajstić information content (AvgIpc) is 2.28. The number of carbonyl (C=O) groups is 1. The predicted molar refractivity (Wildman–Crippen MR) is 66.4 cm³/mol. The molecule has 0 bridgehead atoms. The minimum absolute atomic E-state index is 0.124. The number of halogens is 1. The topological polar surface area (TPSA) is 66.8 Å². The molecule has 19 heavy (non-hydrogen) atoms. The van der Waals surface area contributed by atoms with Crippen LogP contribution >= 0.6 is 0 Å². The smallest absolute Gasteiger partial charge is 0.306 e. The lowest BCUT2D eigenvalue weighted by Crippen LogP contribution is -2.42. The highest BCUT2D eigenvalue weighted by molar-refractivity contribution is 5.69. The van der Waals surface area contributed by atoms with Gasteiger partial charge < -0.3 is 14.9 Å². The first-order valence-electron chi connectivity index (χ1n) is 6.23. The summed E-state index contributed by atoms with van der Waals surface area (Å²) in [7, 11) is 0. The van der Waals surface area contributed by atoms with E-state index < -0.39 is 23.8 Å². The SMILES string of the molecule is CC(C)[C@@H]1C[C@@](O)(CC(=O)O)c2cc(F)ccc2O1. The summed E-state index contributed by atoms with van der Waals surface area (Å²) in [4.78, 5) is 10.9. The van der Waals surface area contributed by atoms with Crippen molar-refractivity contribution in [2.75, 3.05) is 0 Å². The van der Waals surface area contributed by atoms with Crippen LogP contribution in [0.5, 0.6) is 5.75 Å². The monoisotopic (exact) mass is 268 g/mol. The summed E-state index contributed by atoms with van der Waals surface area (Å²) in [5.74, 6) is -1.16. The Morgan fingerprint density at radius 2 is 2.26 bits per heavy atom. The summed E-state index contributed by atoms with van der Waals surface area (Å²) >= 11 is 0. The fraction of sp³-hybridized carbons (Fsp3) is 0.500. The number of hydrogen-bond donors (Lipinski definition) is 2. The zero-order chi connectivity index (χ0) is 14.2. The van der Waals surface area contributed by atoms with Crippen molar-refractivity contribution >= 4 is 5.97 Å². The van der Waals surface area contributed by atoms with Crippen LogP contribution in [0.3, 0.4) is 0 Å². The zero-order valence-electron chi connectivity index (χ0n) is 10.9. The maximum atomic E-state index is 13.3. The van der Waals surface area contributed by atoms with Crippen molar-refractivity contribution in [3.05, 3.63) is 29.6 Å². The Morgan fingerprint density at radius 1 is 1.58 bits per heavy atom. The van der Waals surface area contributed by atoms with E-state index in [9.17, 15) is 14.3 Å². The highest BCUT2D eigenvalue weighted by Gasteiger charge is 2.42. The first-order valence-corrected chi connectivity index (χ1v) is 6.23. The molecule has 0 saturated carbocycles. The molecule has 4 nitrogen and oxygen atoms in total. The molecule has 0 amide bonds. The number of aliphatic carboxylic acids is 1. The summed E-state index contributed by atoms with van der Waals surface area (Å²) < 4.78 is 19.0. The van der Waals surface area contributed by atoms with Gasteiger partial charge in [0.2, 0.25) is 0 Å². The molecule has 0 radical (unpaired) electrons. The van der Waals surface area contributed by atoms with Gasteiger partial charge in [0.15, 0.2) is 0 Å². The Labute approximate surface area is 110 Å². The number of benzene rings is 1. The molecule has 1 aromatic rings. The predicted octanol–water partition coefficient (Wildman–Crippen LogP) is 2.30. The van der Waals surface area contributed by atoms with Crippen LogP contribution in [0.4, 0.5) is 4.39 Å². The Balaban J connectivity index is 2.47. The van der Waals surface area contributed by atoms with Crippen molar-refractivity contribution in [1.82, 2.24) is 0 Å². The van der Waals surface area contributed by atoms with Crippen LogP contribution in [0, 0.1) is 11.7 Å². The molecule has 0 aromatic heterocycles. The van der Waals surface area contributed by atoms with Gasteiger partial charge in [-0.2, -0.15) is 0 Å². The number of rotatable bonds is 3. The van der Waals surface area contributed by atoms with Crippen molar-refractivity contribution in [3.8, 4) is 5.75 Å². The molecule has 1 heterocycles. The van der Waals surface area contributed by atoms with E-state index in [1.165, 1.54) is 12.1 Å². The number of carboxylic acid groups (broad SMARTS) is 1. The van der Waals surface area contributed by atoms with E-state index in [-0.39, 0.29) is 24.0 Å². The lowest BCUT2D eigenvalue weighted by Gasteiger charge is -2.39. The van der Waals surface area contributed by atoms with Crippen LogP contribution in [0.15, 0.2) is 18.2 Å². The third kappa shape index (κ3) is 2.71. The summed E-state index contributed by atoms with van der Waals surface area (Å²) in [6, 6.07) is 3.82. The summed E-state index contributed by atoms with van der Waals surface area (Å²) in [6.45, 7) is 3.86. The molecule has 1 aliphatic rings. The van der Waals surface area contributed by atoms with Crippen molar-refractivity contribution in [1.29, 1.82) is 0 Å². The first-order chi connectivity index (χ1) is 8.82. The van der Waals surface area contributed by atoms with Gasteiger partial charge in [-0.1, -0.05) is 13.8 Å². The number of fused-ring (bicyclic) bond motifs is 1. The molecule has 0 spiro atoms. The van der Waals surface area contributed by atoms with Gasteiger partial charge in [-0.25, -0.2) is 4.39 Å². The van der Waals surface area contributed by atoms with Gasteiger partial charge in [-0.15, -0.1) is 0 Å². The minimum Gasteiger partial charge on any atom is -0.490 e. The molecule has 2 atom stereocenters. The van der Waals surface area contributed by atoms with Crippen LogP contribution in [-0.2, 0) is 10.4 Å². The van der Waals surface area contributed by atoms with E-state index in [1.807, 2.05) is 13.8 Å². The molecule has 2 rings (SSSR count). The molecule has 2 N–H and O–H groups in total. The maximum Gasteiger partial charge on any atom is 0.306 e. The van der Waals surface area contributed by atoms with E-state index >= 15 is 0 Å². The molecule has 0 saturated heterocycles. The van der Waals surface area contributed by atoms with Crippen molar-refractivity contribution in [3.63, 3.8) is 0 Å². The van der Waals surface area contributed by atoms with Crippen LogP contribution in [0.2, 0.25) is 0 Å². The second-order valence-corrected chi connectivity index (χ2v) is 5.35. The fourth-order valence-electron chi connectivity index (χ4n) is 2.41. The lowest BCUT2D eigenvalue weighted by molar-refractivity contribution is -0.145. The maximum absolute atomic E-state index is 13.3. The largest absolute Gasteiger partial charge is 0.490 e. The third-order valence-electron chi connectivity index (χ3n) is 3.45. The van der Waals surface area contributed by atoms with Gasteiger partial charge in [0.25, 0.3) is 0 Å². The molecule has 0 fully saturated rings. The van der Waals surface area contributed by atoms with E-state index in [4.69, 9.17) is 9.84 Å². The molecule has 104 valence electrons. The number of carboxylic acids is 1. The van der Waals surface area contributed by atoms with Gasteiger partial charge in [0.1, 0.15) is 23.3 Å². The van der Waals surface area contributed by atoms with Gasteiger partial charge in [-0.3, -0.25) is 4.79 Å². The van der Waals surface area contributed by atoms with E-state index in [0.717, 1.165) is 6.07 Å². The van der Waals surface area contributed by atoms with Crippen LogP contribution in [-0.4, -0.2) is 22.3 Å². The van der Waals surface area contributed by atoms with E-state index in [0.29, 0.717) is 5.75 Å². The fourth-order valence-corrected chi connectivity index (χ4v) is 2.41. The van der Waals surface area contributed by atoms with E-state index in [1.54, 1.807) is 0 Å². The quantitative estimate of drug-likeness (QED) is 0.882. The average molecular weight is 268 g/mol. The normalized spacial score (nSPS) is 25.8. The Morgan fingerprint density at radius 3 is 2.84 bits per heavy atom. The molecule has 0 unspecified atom stereocenters. The van der Waals surface area contributed by atoms with Gasteiger partial charge in [-0.05, 0) is 24.1 Å². The summed E-state index contributed by atoms with van der Waals surface area (Å²) in [6.07, 6.45) is -0.606. The molecular weight excluding hydrogens is 251 g/mol. The highest BCUT2D eigenvalue weighted by atomic mass is 19.1. The summed E-state index contributed by atoms with van der Waals surface area (Å²) in [5, 5.41) is 19.6. The zero-order valence-corrected chi connectivity index (χ0v) is 10.9. The van der Waals surface area contributed by atoms with Gasteiger partial charge >= 0.3 is 5.97 Å². The molecule has 0 aliphatic carbocycles. The van der Waals surface area contributed by atoms with Crippen LogP contribution in [0.1, 0.15) is 32.3 Å². The number of ether oxygens (including phenoxy) is 1. The van der Waals surface area contributed by atoms with Gasteiger partial charge in [0.05, 0.1) is 6.42 Å². The van der Waals surface area contributed by atoms with Crippen LogP contribution in [0.25, 0.3) is 0 Å². The lowest BCUT2D eigenvalue weighted by atomic mass is 9.80. The van der Waals surface area contributed by atoms with E-state index in [2.05, 4.69) is 0 Å². The summed E-state index contributed by atoms with van der Waals surface area (Å²) in [5.41, 5.74) is -1.37. The number of aliphatic hydroxyl groups is 1. The standard InChI is InChI=1S/C14H17FO4/c1-8(2)12-6-14(18,7-13(16)17)10-5-9(15)3-4-11(10)19-12/h3-5,8,12,18H,6-7H2,1-2H3,(H,16,17)/t12-,14+/m0/s1. The molecular formula is C14H17FO4. The van der Waals surface area contributed by atoms with Crippen molar-refractivity contribution in [2.45, 2.75) is 38.4 Å². The Bertz CT molecular complexity index is 500. The van der Waals surface area contributed by atoms with Gasteiger partial charge in [0, 0.05) is 12.0 Å².